The molecule has 4 aromatic rings. The van der Waals surface area contributed by atoms with Gasteiger partial charge in [-0.2, -0.15) is 4.98 Å². The van der Waals surface area contributed by atoms with Gasteiger partial charge in [0.25, 0.3) is 0 Å². The number of benzene rings is 2. The number of hydrogen-bond donors (Lipinski definition) is 2. The first-order valence-electron chi connectivity index (χ1n) is 11.2. The van der Waals surface area contributed by atoms with Gasteiger partial charge in [0.15, 0.2) is 17.3 Å². The van der Waals surface area contributed by atoms with Crippen LogP contribution in [-0.4, -0.2) is 32.6 Å². The topological polar surface area (TPSA) is 67.7 Å². The summed E-state index contributed by atoms with van der Waals surface area (Å²) in [6, 6.07) is 6.09. The number of aromatic nitrogens is 4. The van der Waals surface area contributed by atoms with E-state index in [1.807, 2.05) is 4.57 Å². The van der Waals surface area contributed by atoms with Crippen LogP contribution < -0.4 is 10.6 Å². The molecule has 1 atom stereocenters. The molecule has 0 amide bonds. The largest absolute Gasteiger partial charge is 0.350 e. The van der Waals surface area contributed by atoms with E-state index in [-0.39, 0.29) is 16.6 Å². The maximum Gasteiger partial charge on any atom is 0.225 e. The lowest BCUT2D eigenvalue weighted by Crippen LogP contribution is -2.32. The third-order valence-corrected chi connectivity index (χ3v) is 6.59. The summed E-state index contributed by atoms with van der Waals surface area (Å²) >= 11 is 12.8. The van der Waals surface area contributed by atoms with E-state index in [0.717, 1.165) is 38.1 Å². The molecule has 0 bridgehead atoms. The molecule has 2 aromatic carbocycles. The normalized spacial score (nSPS) is 16.1. The van der Waals surface area contributed by atoms with Crippen LogP contribution in [0, 0.1) is 23.4 Å². The van der Waals surface area contributed by atoms with E-state index in [2.05, 4.69) is 25.6 Å². The fourth-order valence-electron chi connectivity index (χ4n) is 4.29. The molecule has 0 saturated carbocycles. The quantitative estimate of drug-likeness (QED) is 0.334. The minimum absolute atomic E-state index is 0.151. The molecule has 0 spiro atoms. The van der Waals surface area contributed by atoms with Gasteiger partial charge in [0.1, 0.15) is 17.2 Å². The van der Waals surface area contributed by atoms with Crippen LogP contribution in [0.1, 0.15) is 18.4 Å². The van der Waals surface area contributed by atoms with E-state index < -0.39 is 17.5 Å². The van der Waals surface area contributed by atoms with Crippen molar-refractivity contribution < 1.29 is 13.2 Å². The number of anilines is 1. The first-order valence-corrected chi connectivity index (χ1v) is 11.9. The molecule has 0 radical (unpaired) electrons. The van der Waals surface area contributed by atoms with Gasteiger partial charge >= 0.3 is 0 Å². The van der Waals surface area contributed by atoms with Crippen LogP contribution in [0.3, 0.4) is 0 Å². The van der Waals surface area contributed by atoms with Crippen molar-refractivity contribution in [2.24, 2.45) is 5.92 Å². The number of fused-ring (bicyclic) bond motifs is 1. The number of hydrogen-bond acceptors (Lipinski definition) is 5. The van der Waals surface area contributed by atoms with Crippen molar-refractivity contribution in [3.8, 4) is 11.4 Å². The summed E-state index contributed by atoms with van der Waals surface area (Å²) < 4.78 is 42.5. The summed E-state index contributed by atoms with van der Waals surface area (Å²) in [6.45, 7) is 2.62. The Morgan fingerprint density at radius 2 is 1.86 bits per heavy atom. The van der Waals surface area contributed by atoms with Crippen LogP contribution in [0.15, 0.2) is 36.5 Å². The Balaban J connectivity index is 1.54. The smallest absolute Gasteiger partial charge is 0.225 e. The lowest BCUT2D eigenvalue weighted by molar-refractivity contribution is 0.341. The molecule has 182 valence electrons. The zero-order valence-corrected chi connectivity index (χ0v) is 20.0. The van der Waals surface area contributed by atoms with Crippen LogP contribution in [0.25, 0.3) is 22.6 Å². The highest BCUT2D eigenvalue weighted by atomic mass is 35.5. The molecule has 6 nitrogen and oxygen atoms in total. The van der Waals surface area contributed by atoms with Crippen molar-refractivity contribution in [1.29, 1.82) is 0 Å². The zero-order valence-electron chi connectivity index (χ0n) is 18.5. The lowest BCUT2D eigenvalue weighted by Gasteiger charge is -2.24. The average molecular weight is 521 g/mol. The summed E-state index contributed by atoms with van der Waals surface area (Å²) in [5, 5.41) is 6.75. The second-order valence-corrected chi connectivity index (χ2v) is 9.32. The molecule has 3 heterocycles. The molecule has 0 aliphatic carbocycles. The van der Waals surface area contributed by atoms with Gasteiger partial charge in [0.05, 0.1) is 21.8 Å². The van der Waals surface area contributed by atoms with Crippen LogP contribution in [0.5, 0.6) is 0 Å². The van der Waals surface area contributed by atoms with Gasteiger partial charge in [-0.05, 0) is 61.7 Å². The van der Waals surface area contributed by atoms with Gasteiger partial charge in [0.2, 0.25) is 5.95 Å². The maximum absolute atomic E-state index is 13.8. The Bertz CT molecular complexity index is 1360. The van der Waals surface area contributed by atoms with E-state index >= 15 is 0 Å². The first-order chi connectivity index (χ1) is 16.9. The minimum Gasteiger partial charge on any atom is -0.350 e. The minimum atomic E-state index is -0.919. The van der Waals surface area contributed by atoms with Gasteiger partial charge < -0.3 is 15.2 Å². The highest BCUT2D eigenvalue weighted by molar-refractivity contribution is 6.39. The number of halogens is 5. The van der Waals surface area contributed by atoms with E-state index in [9.17, 15) is 13.2 Å². The second-order valence-electron chi connectivity index (χ2n) is 8.51. The first kappa shape index (κ1) is 23.8. The van der Waals surface area contributed by atoms with Gasteiger partial charge in [-0.3, -0.25) is 0 Å². The Labute approximate surface area is 209 Å². The summed E-state index contributed by atoms with van der Waals surface area (Å²) in [4.78, 5) is 13.6. The lowest BCUT2D eigenvalue weighted by atomic mass is 9.99. The standard InChI is InChI=1S/C24H21Cl2F3N6/c25-16-7-15(27)8-17(26)21(16)23-33-20-11-32-24(31-10-13-3-4-18(28)19(29)6-13)34-22(20)35(23)12-14-2-1-5-30-9-14/h3-4,6-8,11,14,30H,1-2,5,9-10,12H2,(H,31,32,34)/t14-/m1/s1. The van der Waals surface area contributed by atoms with Crippen LogP contribution >= 0.6 is 23.2 Å². The summed E-state index contributed by atoms with van der Waals surface area (Å²) in [5.74, 6) is -1.26. The Morgan fingerprint density at radius 1 is 1.06 bits per heavy atom. The predicted octanol–water partition coefficient (Wildman–Crippen LogP) is 5.83. The highest BCUT2D eigenvalue weighted by Crippen LogP contribution is 2.37. The van der Waals surface area contributed by atoms with E-state index in [1.165, 1.54) is 18.2 Å². The van der Waals surface area contributed by atoms with E-state index in [0.29, 0.717) is 46.5 Å². The molecule has 1 fully saturated rings. The highest BCUT2D eigenvalue weighted by Gasteiger charge is 2.23. The maximum atomic E-state index is 13.8. The third-order valence-electron chi connectivity index (χ3n) is 5.99. The van der Waals surface area contributed by atoms with Gasteiger partial charge in [-0.1, -0.05) is 29.3 Å². The summed E-state index contributed by atoms with van der Waals surface area (Å²) in [5.41, 5.74) is 2.05. The summed E-state index contributed by atoms with van der Waals surface area (Å²) in [6.07, 6.45) is 3.66. The molecular weight excluding hydrogens is 500 g/mol. The second kappa shape index (κ2) is 10.0. The molecule has 5 rings (SSSR count). The Hall–Kier alpha value is -2.88. The average Bonchev–Trinajstić information content (AvgIpc) is 3.17. The van der Waals surface area contributed by atoms with Crippen molar-refractivity contribution in [3.63, 3.8) is 0 Å². The number of nitrogens with one attached hydrogen (secondary N) is 2. The molecule has 1 saturated heterocycles. The monoisotopic (exact) mass is 520 g/mol. The van der Waals surface area contributed by atoms with Crippen LogP contribution in [0.4, 0.5) is 19.1 Å². The zero-order chi connectivity index (χ0) is 24.5. The van der Waals surface area contributed by atoms with Crippen LogP contribution in [-0.2, 0) is 13.1 Å². The molecule has 1 aliphatic heterocycles. The molecule has 2 N–H and O–H groups in total. The number of piperidine rings is 1. The summed E-state index contributed by atoms with van der Waals surface area (Å²) in [7, 11) is 0. The van der Waals surface area contributed by atoms with E-state index in [4.69, 9.17) is 23.2 Å². The molecule has 11 heteroatoms. The molecule has 1 aliphatic rings. The number of imidazole rings is 1. The molecule has 35 heavy (non-hydrogen) atoms. The predicted molar refractivity (Wildman–Crippen MR) is 130 cm³/mol. The molecular formula is C24H21Cl2F3N6. The molecule has 0 unspecified atom stereocenters. The number of rotatable bonds is 6. The van der Waals surface area contributed by atoms with Crippen molar-refractivity contribution in [3.05, 3.63) is 69.6 Å². The van der Waals surface area contributed by atoms with E-state index in [1.54, 1.807) is 6.20 Å². The van der Waals surface area contributed by atoms with Crippen molar-refractivity contribution in [1.82, 2.24) is 24.8 Å². The van der Waals surface area contributed by atoms with Gasteiger partial charge in [-0.15, -0.1) is 0 Å². The third kappa shape index (κ3) is 5.07. The van der Waals surface area contributed by atoms with Crippen molar-refractivity contribution in [2.75, 3.05) is 18.4 Å². The fourth-order valence-corrected chi connectivity index (χ4v) is 4.92. The Morgan fingerprint density at radius 3 is 2.57 bits per heavy atom. The van der Waals surface area contributed by atoms with Crippen molar-refractivity contribution >= 4 is 40.3 Å². The number of nitrogens with zero attached hydrogens (tertiary/aromatic N) is 4. The molecule has 2 aromatic heterocycles. The van der Waals surface area contributed by atoms with Gasteiger partial charge in [0, 0.05) is 13.1 Å². The van der Waals surface area contributed by atoms with Gasteiger partial charge in [-0.25, -0.2) is 23.1 Å². The van der Waals surface area contributed by atoms with Crippen LogP contribution in [0.2, 0.25) is 10.0 Å². The fraction of sp³-hybridized carbons (Fsp3) is 0.292. The SMILES string of the molecule is Fc1cc(Cl)c(-c2nc3cnc(NCc4ccc(F)c(F)c4)nc3n2C[C@@H]2CCCNC2)c(Cl)c1. The Kier molecular flexibility index (Phi) is 6.82. The van der Waals surface area contributed by atoms with Crippen molar-refractivity contribution in [2.45, 2.75) is 25.9 Å².